The summed E-state index contributed by atoms with van der Waals surface area (Å²) in [5, 5.41) is 24.1. The number of hydrogen-bond acceptors (Lipinski definition) is 5. The van der Waals surface area contributed by atoms with Gasteiger partial charge in [-0.1, -0.05) is 42.0 Å². The molecule has 1 unspecified atom stereocenters. The van der Waals surface area contributed by atoms with Crippen molar-refractivity contribution in [2.75, 3.05) is 0 Å². The summed E-state index contributed by atoms with van der Waals surface area (Å²) >= 11 is 0. The van der Waals surface area contributed by atoms with Gasteiger partial charge in [0, 0.05) is 6.54 Å². The highest BCUT2D eigenvalue weighted by Gasteiger charge is 2.31. The second-order valence-corrected chi connectivity index (χ2v) is 7.35. The minimum Gasteiger partial charge on any atom is -0.426 e. The molecule has 0 aliphatic carbocycles. The van der Waals surface area contributed by atoms with Gasteiger partial charge < -0.3 is 25.4 Å². The molecule has 2 amide bonds. The highest BCUT2D eigenvalue weighted by molar-refractivity contribution is 6.43. The minimum atomic E-state index is -4.83. The maximum Gasteiger partial charge on any atom is 0.573 e. The van der Waals surface area contributed by atoms with Crippen molar-refractivity contribution in [3.05, 3.63) is 65.2 Å². The Labute approximate surface area is 183 Å². The van der Waals surface area contributed by atoms with Gasteiger partial charge in [0.2, 0.25) is 11.8 Å². The Morgan fingerprint density at radius 1 is 1.06 bits per heavy atom. The first-order valence-corrected chi connectivity index (χ1v) is 9.79. The van der Waals surface area contributed by atoms with Crippen LogP contribution < -0.4 is 15.4 Å². The molecule has 0 fully saturated rings. The number of rotatable bonds is 9. The summed E-state index contributed by atoms with van der Waals surface area (Å²) in [6, 6.07) is 12.4. The summed E-state index contributed by atoms with van der Waals surface area (Å²) < 4.78 is 40.8. The molecule has 2 rings (SSSR count). The van der Waals surface area contributed by atoms with Gasteiger partial charge >= 0.3 is 13.5 Å². The SMILES string of the molecule is Cc1ccc(C[C@H](NC(=O)C(C)C(=O)NCc2cccc(OC(F)(F)F)c2)B(O)O)cc1. The van der Waals surface area contributed by atoms with Gasteiger partial charge in [-0.2, -0.15) is 0 Å². The fourth-order valence-corrected chi connectivity index (χ4v) is 2.83. The Bertz CT molecular complexity index is 922. The van der Waals surface area contributed by atoms with Gasteiger partial charge in [0.25, 0.3) is 0 Å². The Balaban J connectivity index is 1.92. The molecule has 0 bridgehead atoms. The maximum absolute atomic E-state index is 12.4. The predicted octanol–water partition coefficient (Wildman–Crippen LogP) is 1.89. The third-order valence-corrected chi connectivity index (χ3v) is 4.65. The molecule has 0 radical (unpaired) electrons. The van der Waals surface area contributed by atoms with Crippen molar-refractivity contribution in [1.82, 2.24) is 10.6 Å². The van der Waals surface area contributed by atoms with Gasteiger partial charge in [0.05, 0.1) is 5.94 Å². The van der Waals surface area contributed by atoms with E-state index in [9.17, 15) is 32.8 Å². The van der Waals surface area contributed by atoms with Crippen LogP contribution in [0.1, 0.15) is 23.6 Å². The smallest absolute Gasteiger partial charge is 0.426 e. The van der Waals surface area contributed by atoms with E-state index >= 15 is 0 Å². The summed E-state index contributed by atoms with van der Waals surface area (Å²) in [4.78, 5) is 24.7. The highest BCUT2D eigenvalue weighted by Crippen LogP contribution is 2.23. The fraction of sp³-hybridized carbons (Fsp3) is 0.333. The lowest BCUT2D eigenvalue weighted by Crippen LogP contribution is -2.51. The quantitative estimate of drug-likeness (QED) is 0.344. The fourth-order valence-electron chi connectivity index (χ4n) is 2.83. The lowest BCUT2D eigenvalue weighted by Gasteiger charge is -2.20. The molecule has 0 aromatic heterocycles. The van der Waals surface area contributed by atoms with Gasteiger partial charge in [-0.3, -0.25) is 9.59 Å². The van der Waals surface area contributed by atoms with Gasteiger partial charge in [-0.25, -0.2) is 0 Å². The topological polar surface area (TPSA) is 108 Å². The van der Waals surface area contributed by atoms with Crippen molar-refractivity contribution in [3.8, 4) is 5.75 Å². The summed E-state index contributed by atoms with van der Waals surface area (Å²) in [7, 11) is -1.84. The van der Waals surface area contributed by atoms with Crippen LogP contribution in [0.4, 0.5) is 13.2 Å². The summed E-state index contributed by atoms with van der Waals surface area (Å²) in [6.45, 7) is 3.12. The van der Waals surface area contributed by atoms with Crippen LogP contribution in [-0.2, 0) is 22.6 Å². The molecule has 0 spiro atoms. The van der Waals surface area contributed by atoms with Crippen molar-refractivity contribution in [3.63, 3.8) is 0 Å². The van der Waals surface area contributed by atoms with Crippen LogP contribution in [0.25, 0.3) is 0 Å². The number of benzene rings is 2. The summed E-state index contributed by atoms with van der Waals surface area (Å²) in [5.74, 6) is -4.03. The molecule has 0 aliphatic rings. The van der Waals surface area contributed by atoms with Crippen LogP contribution in [-0.4, -0.2) is 41.3 Å². The molecule has 7 nitrogen and oxygen atoms in total. The van der Waals surface area contributed by atoms with Gasteiger partial charge in [-0.05, 0) is 43.5 Å². The van der Waals surface area contributed by atoms with Gasteiger partial charge in [0.1, 0.15) is 11.7 Å². The normalized spacial score (nSPS) is 13.1. The van der Waals surface area contributed by atoms with E-state index in [4.69, 9.17) is 0 Å². The number of amides is 2. The van der Waals surface area contributed by atoms with Crippen molar-refractivity contribution >= 4 is 18.9 Å². The second-order valence-electron chi connectivity index (χ2n) is 7.35. The molecule has 0 saturated carbocycles. The van der Waals surface area contributed by atoms with E-state index in [1.807, 2.05) is 19.1 Å². The number of halogens is 3. The zero-order valence-corrected chi connectivity index (χ0v) is 17.5. The van der Waals surface area contributed by atoms with Crippen molar-refractivity contribution in [2.45, 2.75) is 39.1 Å². The van der Waals surface area contributed by atoms with E-state index in [1.54, 1.807) is 12.1 Å². The third-order valence-electron chi connectivity index (χ3n) is 4.65. The summed E-state index contributed by atoms with van der Waals surface area (Å²) in [5.41, 5.74) is 2.14. The molecule has 0 aliphatic heterocycles. The largest absolute Gasteiger partial charge is 0.573 e. The lowest BCUT2D eigenvalue weighted by molar-refractivity contribution is -0.274. The van der Waals surface area contributed by atoms with E-state index in [1.165, 1.54) is 19.1 Å². The first-order chi connectivity index (χ1) is 14.9. The molecule has 0 heterocycles. The van der Waals surface area contributed by atoms with Crippen LogP contribution >= 0.6 is 0 Å². The predicted molar refractivity (Wildman–Crippen MR) is 111 cm³/mol. The summed E-state index contributed by atoms with van der Waals surface area (Å²) in [6.07, 6.45) is -4.69. The lowest BCUT2D eigenvalue weighted by atomic mass is 9.75. The molecule has 2 aromatic rings. The number of aryl methyl sites for hydroxylation is 1. The first-order valence-electron chi connectivity index (χ1n) is 9.79. The Hall–Kier alpha value is -3.05. The van der Waals surface area contributed by atoms with E-state index < -0.39 is 42.9 Å². The minimum absolute atomic E-state index is 0.124. The van der Waals surface area contributed by atoms with Crippen LogP contribution in [0.3, 0.4) is 0 Å². The van der Waals surface area contributed by atoms with E-state index in [-0.39, 0.29) is 13.0 Å². The van der Waals surface area contributed by atoms with Crippen LogP contribution in [0.2, 0.25) is 0 Å². The maximum atomic E-state index is 12.4. The number of carbonyl (C=O) groups is 2. The number of hydrogen-bond donors (Lipinski definition) is 4. The van der Waals surface area contributed by atoms with Crippen molar-refractivity contribution in [1.29, 1.82) is 0 Å². The van der Waals surface area contributed by atoms with E-state index in [2.05, 4.69) is 15.4 Å². The molecule has 4 N–H and O–H groups in total. The van der Waals surface area contributed by atoms with Crippen LogP contribution in [0.15, 0.2) is 48.5 Å². The van der Waals surface area contributed by atoms with Crippen molar-refractivity contribution in [2.24, 2.45) is 5.92 Å². The Morgan fingerprint density at radius 3 is 2.31 bits per heavy atom. The van der Waals surface area contributed by atoms with E-state index in [0.717, 1.165) is 23.3 Å². The molecule has 32 heavy (non-hydrogen) atoms. The zero-order chi connectivity index (χ0) is 23.9. The molecule has 172 valence electrons. The highest BCUT2D eigenvalue weighted by atomic mass is 19.4. The monoisotopic (exact) mass is 452 g/mol. The first kappa shape index (κ1) is 25.2. The standard InChI is InChI=1S/C21H24BF3N2O5/c1-13-6-8-15(9-7-13)11-18(22(30)31)27-20(29)14(2)19(28)26-12-16-4-3-5-17(10-16)32-21(23,24)25/h3-10,14,18,30-31H,11-12H2,1-2H3,(H,26,28)(H,27,29)/t14?,18-/m0/s1. The average molecular weight is 452 g/mol. The second kappa shape index (κ2) is 11.0. The zero-order valence-electron chi connectivity index (χ0n) is 17.5. The van der Waals surface area contributed by atoms with Crippen LogP contribution in [0.5, 0.6) is 5.75 Å². The number of nitrogens with one attached hydrogen (secondary N) is 2. The third kappa shape index (κ3) is 8.24. The molecule has 0 saturated heterocycles. The Morgan fingerprint density at radius 2 is 1.72 bits per heavy atom. The van der Waals surface area contributed by atoms with E-state index in [0.29, 0.717) is 5.56 Å². The molecular formula is C21H24BF3N2O5. The molecule has 2 aromatic carbocycles. The van der Waals surface area contributed by atoms with Crippen molar-refractivity contribution < 1.29 is 37.5 Å². The number of carbonyl (C=O) groups excluding carboxylic acids is 2. The van der Waals surface area contributed by atoms with Gasteiger partial charge in [-0.15, -0.1) is 13.2 Å². The van der Waals surface area contributed by atoms with Gasteiger partial charge in [0.15, 0.2) is 0 Å². The average Bonchev–Trinajstić information content (AvgIpc) is 2.71. The number of alkyl halides is 3. The Kier molecular flexibility index (Phi) is 8.67. The molecule has 2 atom stereocenters. The molecular weight excluding hydrogens is 428 g/mol. The molecule has 11 heteroatoms. The van der Waals surface area contributed by atoms with Crippen LogP contribution in [0, 0.1) is 12.8 Å². The number of ether oxygens (including phenoxy) is 1.